The van der Waals surface area contributed by atoms with Gasteiger partial charge in [0, 0.05) is 24.0 Å². The Labute approximate surface area is 172 Å². The smallest absolute Gasteiger partial charge is 0.246 e. The van der Waals surface area contributed by atoms with E-state index in [9.17, 15) is 9.59 Å². The lowest BCUT2D eigenvalue weighted by Gasteiger charge is -2.14. The first-order chi connectivity index (χ1) is 14.1. The van der Waals surface area contributed by atoms with Gasteiger partial charge < -0.3 is 16.0 Å². The van der Waals surface area contributed by atoms with Crippen LogP contribution in [0.25, 0.3) is 6.08 Å². The molecule has 0 radical (unpaired) electrons. The van der Waals surface area contributed by atoms with E-state index in [-0.39, 0.29) is 11.8 Å². The summed E-state index contributed by atoms with van der Waals surface area (Å²) in [6.45, 7) is 2.67. The molecule has 1 saturated carbocycles. The van der Waals surface area contributed by atoms with Crippen LogP contribution in [0.4, 0.5) is 11.4 Å². The van der Waals surface area contributed by atoms with Crippen molar-refractivity contribution in [3.05, 3.63) is 66.2 Å². The molecule has 0 bridgehead atoms. The van der Waals surface area contributed by atoms with Crippen LogP contribution in [0.2, 0.25) is 0 Å². The first-order valence-electron chi connectivity index (χ1n) is 10.3. The zero-order chi connectivity index (χ0) is 20.5. The quantitative estimate of drug-likeness (QED) is 0.583. The number of hydrogen-bond donors (Lipinski definition) is 3. The van der Waals surface area contributed by atoms with Crippen LogP contribution in [0, 0.1) is 5.92 Å². The second-order valence-electron chi connectivity index (χ2n) is 7.57. The standard InChI is InChI=1S/C24H29N3O2/c1-18(26-23(28)16-11-19-7-3-2-4-8-19)24(29)27-22-14-12-21(13-15-22)25-17-20-9-5-6-10-20/h2-4,7-8,11-16,18,20,25H,5-6,9-10,17H2,1H3,(H,26,28)(H,27,29)/b16-11+. The number of rotatable bonds is 8. The van der Waals surface area contributed by atoms with Gasteiger partial charge in [0.15, 0.2) is 0 Å². The fourth-order valence-electron chi connectivity index (χ4n) is 3.46. The Bertz CT molecular complexity index is 825. The van der Waals surface area contributed by atoms with E-state index >= 15 is 0 Å². The molecule has 2 aromatic rings. The fraction of sp³-hybridized carbons (Fsp3) is 0.333. The van der Waals surface area contributed by atoms with E-state index in [0.29, 0.717) is 5.69 Å². The molecule has 5 nitrogen and oxygen atoms in total. The third kappa shape index (κ3) is 6.79. The van der Waals surface area contributed by atoms with Gasteiger partial charge in [-0.3, -0.25) is 9.59 Å². The van der Waals surface area contributed by atoms with Crippen LogP contribution >= 0.6 is 0 Å². The molecule has 1 atom stereocenters. The average molecular weight is 392 g/mol. The van der Waals surface area contributed by atoms with Crippen molar-refractivity contribution in [2.45, 2.75) is 38.6 Å². The molecular formula is C24H29N3O2. The molecule has 0 saturated heterocycles. The van der Waals surface area contributed by atoms with Crippen molar-refractivity contribution in [1.82, 2.24) is 5.32 Å². The van der Waals surface area contributed by atoms with Gasteiger partial charge in [0.2, 0.25) is 11.8 Å². The molecule has 3 rings (SSSR count). The predicted octanol–water partition coefficient (Wildman–Crippen LogP) is 4.45. The Morgan fingerprint density at radius 1 is 1.00 bits per heavy atom. The van der Waals surface area contributed by atoms with Crippen molar-refractivity contribution in [3.8, 4) is 0 Å². The molecule has 2 aromatic carbocycles. The summed E-state index contributed by atoms with van der Waals surface area (Å²) in [4.78, 5) is 24.4. The molecule has 0 aromatic heterocycles. The summed E-state index contributed by atoms with van der Waals surface area (Å²) < 4.78 is 0. The lowest BCUT2D eigenvalue weighted by atomic mass is 10.1. The largest absolute Gasteiger partial charge is 0.385 e. The zero-order valence-electron chi connectivity index (χ0n) is 16.9. The minimum Gasteiger partial charge on any atom is -0.385 e. The fourth-order valence-corrected chi connectivity index (χ4v) is 3.46. The van der Waals surface area contributed by atoms with Gasteiger partial charge in [0.05, 0.1) is 0 Å². The Morgan fingerprint density at radius 3 is 2.34 bits per heavy atom. The van der Waals surface area contributed by atoms with Crippen LogP contribution in [-0.4, -0.2) is 24.4 Å². The van der Waals surface area contributed by atoms with Gasteiger partial charge in [-0.1, -0.05) is 43.2 Å². The van der Waals surface area contributed by atoms with Crippen molar-refractivity contribution in [2.24, 2.45) is 5.92 Å². The van der Waals surface area contributed by atoms with E-state index < -0.39 is 6.04 Å². The first kappa shape index (κ1) is 20.6. The van der Waals surface area contributed by atoms with E-state index in [0.717, 1.165) is 23.7 Å². The van der Waals surface area contributed by atoms with Crippen LogP contribution in [0.5, 0.6) is 0 Å². The third-order valence-electron chi connectivity index (χ3n) is 5.20. The summed E-state index contributed by atoms with van der Waals surface area (Å²) in [5, 5.41) is 8.99. The van der Waals surface area contributed by atoms with Crippen molar-refractivity contribution in [3.63, 3.8) is 0 Å². The number of amides is 2. The molecule has 3 N–H and O–H groups in total. The molecule has 0 heterocycles. The summed E-state index contributed by atoms with van der Waals surface area (Å²) >= 11 is 0. The Hall–Kier alpha value is -3.08. The second kappa shape index (κ2) is 10.5. The molecule has 1 fully saturated rings. The van der Waals surface area contributed by atoms with Crippen LogP contribution in [0.3, 0.4) is 0 Å². The zero-order valence-corrected chi connectivity index (χ0v) is 16.9. The van der Waals surface area contributed by atoms with E-state index in [1.807, 2.05) is 54.6 Å². The number of benzene rings is 2. The SMILES string of the molecule is CC(NC(=O)/C=C/c1ccccc1)C(=O)Nc1ccc(NCC2CCCC2)cc1. The molecule has 1 aliphatic carbocycles. The highest BCUT2D eigenvalue weighted by Gasteiger charge is 2.15. The number of hydrogen-bond acceptors (Lipinski definition) is 3. The van der Waals surface area contributed by atoms with Gasteiger partial charge in [0.1, 0.15) is 6.04 Å². The highest BCUT2D eigenvalue weighted by Crippen LogP contribution is 2.25. The Kier molecular flexibility index (Phi) is 7.45. The maximum absolute atomic E-state index is 12.3. The number of carbonyl (C=O) groups excluding carboxylic acids is 2. The topological polar surface area (TPSA) is 70.2 Å². The van der Waals surface area contributed by atoms with Gasteiger partial charge in [-0.25, -0.2) is 0 Å². The summed E-state index contributed by atoms with van der Waals surface area (Å²) in [6.07, 6.45) is 8.46. The molecule has 0 spiro atoms. The summed E-state index contributed by atoms with van der Waals surface area (Å²) in [6, 6.07) is 16.6. The van der Waals surface area contributed by atoms with Crippen molar-refractivity contribution >= 4 is 29.3 Å². The molecule has 2 amide bonds. The summed E-state index contributed by atoms with van der Waals surface area (Å²) in [7, 11) is 0. The van der Waals surface area contributed by atoms with Crippen molar-refractivity contribution in [2.75, 3.05) is 17.2 Å². The monoisotopic (exact) mass is 391 g/mol. The van der Waals surface area contributed by atoms with E-state index in [1.165, 1.54) is 31.8 Å². The van der Waals surface area contributed by atoms with Crippen molar-refractivity contribution < 1.29 is 9.59 Å². The minimum absolute atomic E-state index is 0.252. The molecule has 1 unspecified atom stereocenters. The maximum atomic E-state index is 12.3. The lowest BCUT2D eigenvalue weighted by Crippen LogP contribution is -2.40. The predicted molar refractivity (Wildman–Crippen MR) is 119 cm³/mol. The van der Waals surface area contributed by atoms with Crippen molar-refractivity contribution in [1.29, 1.82) is 0 Å². The Balaban J connectivity index is 1.43. The van der Waals surface area contributed by atoms with Gasteiger partial charge in [-0.2, -0.15) is 0 Å². The van der Waals surface area contributed by atoms with Gasteiger partial charge in [0.25, 0.3) is 0 Å². The van der Waals surface area contributed by atoms with Gasteiger partial charge >= 0.3 is 0 Å². The number of nitrogens with one attached hydrogen (secondary N) is 3. The molecular weight excluding hydrogens is 362 g/mol. The normalized spacial score (nSPS) is 15.2. The van der Waals surface area contributed by atoms with Gasteiger partial charge in [-0.05, 0) is 61.6 Å². The van der Waals surface area contributed by atoms with Crippen LogP contribution in [0.15, 0.2) is 60.7 Å². The number of anilines is 2. The Morgan fingerprint density at radius 2 is 1.66 bits per heavy atom. The van der Waals surface area contributed by atoms with E-state index in [2.05, 4.69) is 16.0 Å². The van der Waals surface area contributed by atoms with Crippen LogP contribution in [-0.2, 0) is 9.59 Å². The highest BCUT2D eigenvalue weighted by atomic mass is 16.2. The number of carbonyl (C=O) groups is 2. The minimum atomic E-state index is -0.636. The molecule has 1 aliphatic rings. The first-order valence-corrected chi connectivity index (χ1v) is 10.3. The van der Waals surface area contributed by atoms with Gasteiger partial charge in [-0.15, -0.1) is 0 Å². The molecule has 0 aliphatic heterocycles. The molecule has 5 heteroatoms. The van der Waals surface area contributed by atoms with E-state index in [4.69, 9.17) is 0 Å². The third-order valence-corrected chi connectivity index (χ3v) is 5.20. The van der Waals surface area contributed by atoms with Crippen LogP contribution in [0.1, 0.15) is 38.2 Å². The average Bonchev–Trinajstić information content (AvgIpc) is 3.26. The summed E-state index contributed by atoms with van der Waals surface area (Å²) in [5.74, 6) is 0.218. The second-order valence-corrected chi connectivity index (χ2v) is 7.57. The van der Waals surface area contributed by atoms with E-state index in [1.54, 1.807) is 13.0 Å². The maximum Gasteiger partial charge on any atom is 0.246 e. The lowest BCUT2D eigenvalue weighted by molar-refractivity contribution is -0.123. The van der Waals surface area contributed by atoms with Crippen LogP contribution < -0.4 is 16.0 Å². The summed E-state index contributed by atoms with van der Waals surface area (Å²) in [5.41, 5.74) is 2.70. The highest BCUT2D eigenvalue weighted by molar-refractivity contribution is 5.99. The molecule has 152 valence electrons. The molecule has 29 heavy (non-hydrogen) atoms.